The van der Waals surface area contributed by atoms with Crippen LogP contribution in [0.4, 0.5) is 0 Å². The molecule has 0 aliphatic carbocycles. The summed E-state index contributed by atoms with van der Waals surface area (Å²) in [6.45, 7) is 4.74. The van der Waals surface area contributed by atoms with Gasteiger partial charge in [0.1, 0.15) is 6.17 Å². The molecule has 2 fully saturated rings. The molecule has 2 aliphatic rings. The van der Waals surface area contributed by atoms with Crippen molar-refractivity contribution in [2.75, 3.05) is 26.7 Å². The minimum atomic E-state index is 0.0529. The summed E-state index contributed by atoms with van der Waals surface area (Å²) in [5.74, 6) is 0.243. The van der Waals surface area contributed by atoms with Crippen LogP contribution < -0.4 is 5.32 Å². The Hall–Kier alpha value is -1.39. The lowest BCUT2D eigenvalue weighted by atomic mass is 10.00. The summed E-state index contributed by atoms with van der Waals surface area (Å²) < 4.78 is 0. The first-order chi connectivity index (χ1) is 9.66. The zero-order valence-corrected chi connectivity index (χ0v) is 12.3. The predicted octanol–water partition coefficient (Wildman–Crippen LogP) is 1.52. The van der Waals surface area contributed by atoms with E-state index in [0.717, 1.165) is 25.9 Å². The van der Waals surface area contributed by atoms with Crippen LogP contribution in [0.5, 0.6) is 0 Å². The molecular formula is C16H23N3O. The maximum absolute atomic E-state index is 12.3. The van der Waals surface area contributed by atoms with Crippen LogP contribution in [0, 0.1) is 6.92 Å². The van der Waals surface area contributed by atoms with E-state index >= 15 is 0 Å². The van der Waals surface area contributed by atoms with E-state index in [0.29, 0.717) is 12.6 Å². The van der Waals surface area contributed by atoms with Crippen molar-refractivity contribution in [3.05, 3.63) is 35.4 Å². The lowest BCUT2D eigenvalue weighted by molar-refractivity contribution is -0.131. The summed E-state index contributed by atoms with van der Waals surface area (Å²) in [7, 11) is 2.15. The van der Waals surface area contributed by atoms with Crippen molar-refractivity contribution in [3.63, 3.8) is 0 Å². The molecule has 1 aromatic carbocycles. The van der Waals surface area contributed by atoms with Crippen molar-refractivity contribution in [1.82, 2.24) is 15.1 Å². The van der Waals surface area contributed by atoms with Gasteiger partial charge in [-0.25, -0.2) is 0 Å². The van der Waals surface area contributed by atoms with Gasteiger partial charge in [0.15, 0.2) is 0 Å². The van der Waals surface area contributed by atoms with Crippen molar-refractivity contribution in [1.29, 1.82) is 0 Å². The zero-order chi connectivity index (χ0) is 14.1. The second-order valence-electron chi connectivity index (χ2n) is 5.98. The number of nitrogens with zero attached hydrogens (tertiary/aromatic N) is 2. The number of benzene rings is 1. The number of likely N-dealkylation sites (tertiary alicyclic amines) is 1. The third-order valence-corrected chi connectivity index (χ3v) is 4.58. The third kappa shape index (κ3) is 2.45. The number of hydrogen-bond acceptors (Lipinski definition) is 3. The van der Waals surface area contributed by atoms with Crippen molar-refractivity contribution < 1.29 is 4.79 Å². The highest BCUT2D eigenvalue weighted by Crippen LogP contribution is 2.30. The van der Waals surface area contributed by atoms with E-state index < -0.39 is 0 Å². The molecule has 0 spiro atoms. The summed E-state index contributed by atoms with van der Waals surface area (Å²) in [6.07, 6.45) is 2.20. The van der Waals surface area contributed by atoms with Gasteiger partial charge in [0.2, 0.25) is 5.91 Å². The fourth-order valence-corrected chi connectivity index (χ4v) is 3.36. The smallest absolute Gasteiger partial charge is 0.238 e. The number of hydrogen-bond donors (Lipinski definition) is 1. The maximum atomic E-state index is 12.3. The third-order valence-electron chi connectivity index (χ3n) is 4.58. The molecule has 2 aliphatic heterocycles. The van der Waals surface area contributed by atoms with Crippen LogP contribution in [-0.2, 0) is 4.79 Å². The van der Waals surface area contributed by atoms with Crippen molar-refractivity contribution >= 4 is 5.91 Å². The standard InChI is InChI=1S/C16H23N3O/c1-12-5-3-4-6-14(12)16-17-11-15(20)19(16)13-7-9-18(2)10-8-13/h3-6,13,16-17H,7-11H2,1-2H3. The van der Waals surface area contributed by atoms with E-state index in [4.69, 9.17) is 0 Å². The van der Waals surface area contributed by atoms with E-state index in [-0.39, 0.29) is 12.1 Å². The Labute approximate surface area is 120 Å². The molecule has 108 valence electrons. The Balaban J connectivity index is 1.84. The molecule has 0 aromatic heterocycles. The van der Waals surface area contributed by atoms with Gasteiger partial charge in [-0.3, -0.25) is 10.1 Å². The quantitative estimate of drug-likeness (QED) is 0.887. The second kappa shape index (κ2) is 5.54. The highest BCUT2D eigenvalue weighted by molar-refractivity contribution is 5.81. The number of carbonyl (C=O) groups is 1. The van der Waals surface area contributed by atoms with Gasteiger partial charge in [0.25, 0.3) is 0 Å². The molecular weight excluding hydrogens is 250 g/mol. The maximum Gasteiger partial charge on any atom is 0.238 e. The first kappa shape index (κ1) is 13.6. The minimum Gasteiger partial charge on any atom is -0.319 e. The van der Waals surface area contributed by atoms with E-state index in [1.54, 1.807) is 0 Å². The molecule has 1 amide bonds. The van der Waals surface area contributed by atoms with Crippen molar-refractivity contribution in [2.45, 2.75) is 32.0 Å². The molecule has 1 aromatic rings. The number of nitrogens with one attached hydrogen (secondary N) is 1. The average molecular weight is 273 g/mol. The second-order valence-corrected chi connectivity index (χ2v) is 5.98. The molecule has 1 N–H and O–H groups in total. The zero-order valence-electron chi connectivity index (χ0n) is 12.3. The number of carbonyl (C=O) groups excluding carboxylic acids is 1. The Morgan fingerprint density at radius 3 is 2.60 bits per heavy atom. The fourth-order valence-electron chi connectivity index (χ4n) is 3.36. The Morgan fingerprint density at radius 2 is 1.90 bits per heavy atom. The topological polar surface area (TPSA) is 35.6 Å². The van der Waals surface area contributed by atoms with E-state index in [1.807, 2.05) is 0 Å². The highest BCUT2D eigenvalue weighted by Gasteiger charge is 2.38. The van der Waals surface area contributed by atoms with Gasteiger partial charge >= 0.3 is 0 Å². The van der Waals surface area contributed by atoms with Crippen LogP contribution in [0.25, 0.3) is 0 Å². The van der Waals surface area contributed by atoms with E-state index in [2.05, 4.69) is 53.4 Å². The normalized spacial score (nSPS) is 25.4. The Bertz CT molecular complexity index is 494. The van der Waals surface area contributed by atoms with Gasteiger partial charge in [-0.15, -0.1) is 0 Å². The highest BCUT2D eigenvalue weighted by atomic mass is 16.2. The van der Waals surface area contributed by atoms with Gasteiger partial charge in [0, 0.05) is 6.04 Å². The molecule has 4 heteroatoms. The van der Waals surface area contributed by atoms with Gasteiger partial charge in [-0.1, -0.05) is 24.3 Å². The lowest BCUT2D eigenvalue weighted by Crippen LogP contribution is -2.46. The number of aryl methyl sites for hydroxylation is 1. The summed E-state index contributed by atoms with van der Waals surface area (Å²) in [5, 5.41) is 3.38. The Morgan fingerprint density at radius 1 is 1.20 bits per heavy atom. The van der Waals surface area contributed by atoms with Crippen molar-refractivity contribution in [2.24, 2.45) is 0 Å². The van der Waals surface area contributed by atoms with Crippen LogP contribution in [-0.4, -0.2) is 48.4 Å². The Kier molecular flexibility index (Phi) is 3.76. The van der Waals surface area contributed by atoms with Crippen LogP contribution in [0.15, 0.2) is 24.3 Å². The lowest BCUT2D eigenvalue weighted by Gasteiger charge is -2.38. The number of amides is 1. The van der Waals surface area contributed by atoms with Gasteiger partial charge in [-0.05, 0) is 51.0 Å². The molecule has 0 bridgehead atoms. The molecule has 1 atom stereocenters. The molecule has 20 heavy (non-hydrogen) atoms. The molecule has 0 radical (unpaired) electrons. The largest absolute Gasteiger partial charge is 0.319 e. The SMILES string of the molecule is Cc1ccccc1C1NCC(=O)N1C1CCN(C)CC1. The summed E-state index contributed by atoms with van der Waals surface area (Å²) >= 11 is 0. The molecule has 3 rings (SSSR count). The average Bonchev–Trinajstić information content (AvgIpc) is 2.82. The fraction of sp³-hybridized carbons (Fsp3) is 0.562. The summed E-state index contributed by atoms with van der Waals surface area (Å²) in [5.41, 5.74) is 2.48. The van der Waals surface area contributed by atoms with Gasteiger partial charge in [-0.2, -0.15) is 0 Å². The van der Waals surface area contributed by atoms with Crippen LogP contribution >= 0.6 is 0 Å². The summed E-state index contributed by atoms with van der Waals surface area (Å²) in [6, 6.07) is 8.73. The molecule has 2 heterocycles. The molecule has 0 saturated carbocycles. The first-order valence-corrected chi connectivity index (χ1v) is 7.45. The first-order valence-electron chi connectivity index (χ1n) is 7.45. The van der Waals surface area contributed by atoms with E-state index in [9.17, 15) is 4.79 Å². The number of rotatable bonds is 2. The molecule has 4 nitrogen and oxygen atoms in total. The summed E-state index contributed by atoms with van der Waals surface area (Å²) in [4.78, 5) is 16.7. The van der Waals surface area contributed by atoms with Crippen LogP contribution in [0.3, 0.4) is 0 Å². The predicted molar refractivity (Wildman–Crippen MR) is 79.3 cm³/mol. The van der Waals surface area contributed by atoms with Gasteiger partial charge in [0.05, 0.1) is 6.54 Å². The molecule has 1 unspecified atom stereocenters. The monoisotopic (exact) mass is 273 g/mol. The minimum absolute atomic E-state index is 0.0529. The van der Waals surface area contributed by atoms with E-state index in [1.165, 1.54) is 11.1 Å². The van der Waals surface area contributed by atoms with Crippen LogP contribution in [0.2, 0.25) is 0 Å². The van der Waals surface area contributed by atoms with Gasteiger partial charge < -0.3 is 9.80 Å². The number of piperidine rings is 1. The molecule has 2 saturated heterocycles. The van der Waals surface area contributed by atoms with Crippen molar-refractivity contribution in [3.8, 4) is 0 Å². The van der Waals surface area contributed by atoms with Crippen LogP contribution in [0.1, 0.15) is 30.1 Å².